The minimum absolute atomic E-state index is 0.146. The molecule has 0 heterocycles. The Labute approximate surface area is 117 Å². The molecule has 0 aliphatic heterocycles. The molecule has 1 N–H and O–H groups in total. The molecule has 1 atom stereocenters. The van der Waals surface area contributed by atoms with Crippen LogP contribution in [-0.2, 0) is 9.53 Å². The van der Waals surface area contributed by atoms with Gasteiger partial charge in [-0.05, 0) is 59.9 Å². The number of ether oxygens (including phenoxy) is 1. The van der Waals surface area contributed by atoms with Crippen molar-refractivity contribution >= 4 is 5.97 Å². The summed E-state index contributed by atoms with van der Waals surface area (Å²) in [5.74, 6) is 0.735. The Morgan fingerprint density at radius 3 is 2.53 bits per heavy atom. The Bertz CT molecular complexity index is 290. The molecule has 4 heteroatoms. The van der Waals surface area contributed by atoms with Gasteiger partial charge in [-0.25, -0.2) is 0 Å². The molecule has 1 aliphatic carbocycles. The summed E-state index contributed by atoms with van der Waals surface area (Å²) in [6, 6.07) is 0.531. The fourth-order valence-electron chi connectivity index (χ4n) is 2.18. The molecule has 0 radical (unpaired) electrons. The minimum atomic E-state index is -0.577. The lowest BCUT2D eigenvalue weighted by Gasteiger charge is -2.32. The van der Waals surface area contributed by atoms with E-state index in [9.17, 15) is 4.79 Å². The SMILES string of the molecule is CCOC(=O)C(C)(CCN(CC1CC1)C(C)C)NC. The number of hydrogen-bond acceptors (Lipinski definition) is 4. The van der Waals surface area contributed by atoms with E-state index >= 15 is 0 Å². The standard InChI is InChI=1S/C15H30N2O2/c1-6-19-14(18)15(4,16-5)9-10-17(12(2)3)11-13-7-8-13/h12-13,16H,6-11H2,1-5H3. The first-order chi connectivity index (χ1) is 8.92. The third-order valence-corrected chi connectivity index (χ3v) is 4.10. The number of carbonyl (C=O) groups excluding carboxylic acids is 1. The van der Waals surface area contributed by atoms with Gasteiger partial charge >= 0.3 is 5.97 Å². The van der Waals surface area contributed by atoms with E-state index in [1.165, 1.54) is 19.4 Å². The first kappa shape index (κ1) is 16.4. The molecule has 112 valence electrons. The molecule has 1 saturated carbocycles. The highest BCUT2D eigenvalue weighted by atomic mass is 16.5. The lowest BCUT2D eigenvalue weighted by Crippen LogP contribution is -2.51. The molecular formula is C15H30N2O2. The molecule has 0 aromatic heterocycles. The van der Waals surface area contributed by atoms with Crippen LogP contribution in [0.3, 0.4) is 0 Å². The van der Waals surface area contributed by atoms with E-state index in [2.05, 4.69) is 24.1 Å². The molecule has 0 saturated heterocycles. The Hall–Kier alpha value is -0.610. The van der Waals surface area contributed by atoms with Crippen molar-refractivity contribution in [1.82, 2.24) is 10.2 Å². The summed E-state index contributed by atoms with van der Waals surface area (Å²) in [5.41, 5.74) is -0.577. The normalized spacial score (nSPS) is 18.7. The van der Waals surface area contributed by atoms with Crippen molar-refractivity contribution in [2.75, 3.05) is 26.7 Å². The molecule has 1 aliphatic rings. The van der Waals surface area contributed by atoms with Crippen LogP contribution in [0.1, 0.15) is 47.0 Å². The molecule has 1 rings (SSSR count). The van der Waals surface area contributed by atoms with Gasteiger partial charge in [0, 0.05) is 19.1 Å². The van der Waals surface area contributed by atoms with E-state index < -0.39 is 5.54 Å². The van der Waals surface area contributed by atoms with Gasteiger partial charge in [-0.2, -0.15) is 0 Å². The molecular weight excluding hydrogens is 240 g/mol. The predicted molar refractivity (Wildman–Crippen MR) is 78.1 cm³/mol. The molecule has 0 aromatic carbocycles. The zero-order valence-corrected chi connectivity index (χ0v) is 13.2. The third kappa shape index (κ3) is 5.11. The smallest absolute Gasteiger partial charge is 0.326 e. The second-order valence-corrected chi connectivity index (χ2v) is 6.08. The fraction of sp³-hybridized carbons (Fsp3) is 0.933. The molecule has 1 unspecified atom stereocenters. The number of hydrogen-bond donors (Lipinski definition) is 1. The van der Waals surface area contributed by atoms with Crippen molar-refractivity contribution in [3.8, 4) is 0 Å². The molecule has 0 bridgehead atoms. The summed E-state index contributed by atoms with van der Waals surface area (Å²) in [5, 5.41) is 3.13. The van der Waals surface area contributed by atoms with E-state index in [0.29, 0.717) is 12.6 Å². The number of nitrogens with one attached hydrogen (secondary N) is 1. The van der Waals surface area contributed by atoms with Crippen molar-refractivity contribution in [3.63, 3.8) is 0 Å². The van der Waals surface area contributed by atoms with Gasteiger partial charge in [-0.1, -0.05) is 0 Å². The van der Waals surface area contributed by atoms with Gasteiger partial charge in [0.1, 0.15) is 5.54 Å². The highest BCUT2D eigenvalue weighted by Crippen LogP contribution is 2.30. The summed E-state index contributed by atoms with van der Waals surface area (Å²) in [7, 11) is 1.83. The van der Waals surface area contributed by atoms with Gasteiger partial charge in [0.15, 0.2) is 0 Å². The molecule has 4 nitrogen and oxygen atoms in total. The van der Waals surface area contributed by atoms with Crippen LogP contribution in [0.15, 0.2) is 0 Å². The van der Waals surface area contributed by atoms with E-state index in [4.69, 9.17) is 4.74 Å². The van der Waals surface area contributed by atoms with E-state index in [1.54, 1.807) is 0 Å². The summed E-state index contributed by atoms with van der Waals surface area (Å²) in [6.45, 7) is 10.8. The van der Waals surface area contributed by atoms with Gasteiger partial charge in [0.05, 0.1) is 6.61 Å². The maximum atomic E-state index is 12.0. The summed E-state index contributed by atoms with van der Waals surface area (Å²) >= 11 is 0. The van der Waals surface area contributed by atoms with E-state index in [1.807, 2.05) is 20.9 Å². The van der Waals surface area contributed by atoms with Crippen molar-refractivity contribution < 1.29 is 9.53 Å². The first-order valence-corrected chi connectivity index (χ1v) is 7.53. The Morgan fingerprint density at radius 1 is 1.47 bits per heavy atom. The highest BCUT2D eigenvalue weighted by Gasteiger charge is 2.34. The first-order valence-electron chi connectivity index (χ1n) is 7.53. The van der Waals surface area contributed by atoms with Crippen molar-refractivity contribution in [2.45, 2.75) is 58.5 Å². The quantitative estimate of drug-likeness (QED) is 0.651. The third-order valence-electron chi connectivity index (χ3n) is 4.10. The second kappa shape index (κ2) is 7.25. The minimum Gasteiger partial charge on any atom is -0.465 e. The van der Waals surface area contributed by atoms with Gasteiger partial charge in [0.2, 0.25) is 0 Å². The average Bonchev–Trinajstić information content (AvgIpc) is 3.17. The largest absolute Gasteiger partial charge is 0.465 e. The number of carbonyl (C=O) groups is 1. The average molecular weight is 270 g/mol. The van der Waals surface area contributed by atoms with Crippen LogP contribution in [0.4, 0.5) is 0 Å². The summed E-state index contributed by atoms with van der Waals surface area (Å²) in [4.78, 5) is 14.5. The van der Waals surface area contributed by atoms with Crippen LogP contribution in [0.25, 0.3) is 0 Å². The Kier molecular flexibility index (Phi) is 6.27. The summed E-state index contributed by atoms with van der Waals surface area (Å²) in [6.07, 6.45) is 3.52. The molecule has 0 spiro atoms. The van der Waals surface area contributed by atoms with Crippen LogP contribution in [-0.4, -0.2) is 49.2 Å². The number of rotatable bonds is 9. The molecule has 0 aromatic rings. The maximum Gasteiger partial charge on any atom is 0.326 e. The van der Waals surface area contributed by atoms with Gasteiger partial charge in [0.25, 0.3) is 0 Å². The summed E-state index contributed by atoms with van der Waals surface area (Å²) < 4.78 is 5.16. The van der Waals surface area contributed by atoms with Crippen LogP contribution >= 0.6 is 0 Å². The van der Waals surface area contributed by atoms with E-state index in [-0.39, 0.29) is 5.97 Å². The number of esters is 1. The van der Waals surface area contributed by atoms with Crippen molar-refractivity contribution in [2.24, 2.45) is 5.92 Å². The Balaban J connectivity index is 2.50. The zero-order valence-electron chi connectivity index (χ0n) is 13.2. The van der Waals surface area contributed by atoms with E-state index in [0.717, 1.165) is 18.9 Å². The van der Waals surface area contributed by atoms with Crippen LogP contribution in [0.2, 0.25) is 0 Å². The topological polar surface area (TPSA) is 41.6 Å². The lowest BCUT2D eigenvalue weighted by atomic mass is 9.97. The van der Waals surface area contributed by atoms with Crippen LogP contribution in [0, 0.1) is 5.92 Å². The monoisotopic (exact) mass is 270 g/mol. The molecule has 0 amide bonds. The fourth-order valence-corrected chi connectivity index (χ4v) is 2.18. The van der Waals surface area contributed by atoms with Crippen molar-refractivity contribution in [1.29, 1.82) is 0 Å². The van der Waals surface area contributed by atoms with Gasteiger partial charge < -0.3 is 15.0 Å². The highest BCUT2D eigenvalue weighted by molar-refractivity contribution is 5.80. The maximum absolute atomic E-state index is 12.0. The number of likely N-dealkylation sites (N-methyl/N-ethyl adjacent to an activating group) is 1. The second-order valence-electron chi connectivity index (χ2n) is 6.08. The van der Waals surface area contributed by atoms with Crippen LogP contribution < -0.4 is 5.32 Å². The molecule has 1 fully saturated rings. The zero-order chi connectivity index (χ0) is 14.5. The predicted octanol–water partition coefficient (Wildman–Crippen LogP) is 2.04. The molecule has 19 heavy (non-hydrogen) atoms. The Morgan fingerprint density at radius 2 is 2.11 bits per heavy atom. The van der Waals surface area contributed by atoms with Crippen LogP contribution in [0.5, 0.6) is 0 Å². The lowest BCUT2D eigenvalue weighted by molar-refractivity contribution is -0.150. The number of nitrogens with zero attached hydrogens (tertiary/aromatic N) is 1. The van der Waals surface area contributed by atoms with Gasteiger partial charge in [-0.3, -0.25) is 4.79 Å². The van der Waals surface area contributed by atoms with Crippen molar-refractivity contribution in [3.05, 3.63) is 0 Å². The van der Waals surface area contributed by atoms with Gasteiger partial charge in [-0.15, -0.1) is 0 Å².